The molecule has 1 saturated heterocycles. The summed E-state index contributed by atoms with van der Waals surface area (Å²) < 4.78 is 93.5. The molecule has 4 saturated carbocycles. The maximum atomic E-state index is 12.9. The van der Waals surface area contributed by atoms with Crippen LogP contribution in [0.1, 0.15) is 72.1 Å². The third-order valence-corrected chi connectivity index (χ3v) is 12.4. The topological polar surface area (TPSA) is 250 Å². The number of carbonyl (C=O) groups is 2. The first-order chi connectivity index (χ1) is 22.2. The summed E-state index contributed by atoms with van der Waals surface area (Å²) in [5, 5.41) is 32.0. The van der Waals surface area contributed by atoms with Crippen LogP contribution in [-0.4, -0.2) is 205 Å². The quantitative estimate of drug-likeness (QED) is 0.0640. The fraction of sp³-hybridized carbons (Fsp3) is 0.867. The molecule has 0 aromatic carbocycles. The summed E-state index contributed by atoms with van der Waals surface area (Å²) in [5.41, 5.74) is -0.319. The van der Waals surface area contributed by atoms with Gasteiger partial charge in [-0.15, -0.1) is 0 Å². The number of hydrogen-bond acceptors (Lipinski definition) is 13. The smallest absolute Gasteiger partial charge is 0.397 e. The van der Waals surface area contributed by atoms with Gasteiger partial charge in [-0.25, -0.2) is 8.37 Å². The number of hydrogen-bond donors (Lipinski definition) is 5. The summed E-state index contributed by atoms with van der Waals surface area (Å²) in [6, 6.07) is 0. The van der Waals surface area contributed by atoms with Crippen molar-refractivity contribution in [3.63, 3.8) is 0 Å². The third-order valence-electron chi connectivity index (χ3n) is 11.5. The van der Waals surface area contributed by atoms with Gasteiger partial charge in [0.1, 0.15) is 12.2 Å². The molecule has 13 atom stereocenters. The average Bonchev–Trinajstić information content (AvgIpc) is 3.12. The van der Waals surface area contributed by atoms with E-state index >= 15 is 0 Å². The molecule has 5 rings (SSSR count). The van der Waals surface area contributed by atoms with E-state index < -0.39 is 99.0 Å². The van der Waals surface area contributed by atoms with Gasteiger partial charge in [0.2, 0.25) is 0 Å². The van der Waals surface area contributed by atoms with Gasteiger partial charge >= 0.3 is 32.7 Å². The average molecular weight is 805 g/mol. The van der Waals surface area contributed by atoms with Crippen LogP contribution in [0.15, 0.2) is 12.2 Å². The molecule has 0 unspecified atom stereocenters. The Morgan fingerprint density at radius 3 is 2.18 bits per heavy atom. The van der Waals surface area contributed by atoms with E-state index in [2.05, 4.69) is 10.8 Å². The van der Waals surface area contributed by atoms with E-state index in [1.165, 1.54) is 0 Å². The number of carboxylic acid groups (broad SMARTS) is 1. The minimum Gasteiger partial charge on any atom is -0.481 e. The molecule has 5 fully saturated rings. The Morgan fingerprint density at radius 2 is 1.62 bits per heavy atom. The Labute approximate surface area is 377 Å². The number of ether oxygens (including phenoxy) is 3. The molecular formula is C30H46K2O16S2. The summed E-state index contributed by atoms with van der Waals surface area (Å²) in [5.74, 6) is -3.25. The summed E-state index contributed by atoms with van der Waals surface area (Å²) >= 11 is 0. The molecule has 50 heavy (non-hydrogen) atoms. The number of carbonyl (C=O) groups excluding carboxylic acids is 1. The molecule has 1 heterocycles. The van der Waals surface area contributed by atoms with Crippen LogP contribution in [-0.2, 0) is 53.0 Å². The van der Waals surface area contributed by atoms with Gasteiger partial charge in [0.25, 0.3) is 0 Å². The fourth-order valence-electron chi connectivity index (χ4n) is 9.82. The first-order valence-corrected chi connectivity index (χ1v) is 18.9. The van der Waals surface area contributed by atoms with E-state index in [-0.39, 0.29) is 146 Å². The largest absolute Gasteiger partial charge is 0.481 e. The summed E-state index contributed by atoms with van der Waals surface area (Å²) in [6.07, 6.45) is -7.93. The van der Waals surface area contributed by atoms with Gasteiger partial charge in [0, 0.05) is 115 Å². The van der Waals surface area contributed by atoms with E-state index in [4.69, 9.17) is 18.4 Å². The number of aliphatic hydroxyl groups excluding tert-OH is 2. The summed E-state index contributed by atoms with van der Waals surface area (Å²) in [6.45, 7) is 8.52. The Hall–Kier alpha value is 1.53. The Morgan fingerprint density at radius 1 is 1.00 bits per heavy atom. The van der Waals surface area contributed by atoms with Crippen LogP contribution in [0.5, 0.6) is 0 Å². The maximum absolute atomic E-state index is 12.9. The van der Waals surface area contributed by atoms with Gasteiger partial charge in [-0.2, -0.15) is 16.8 Å². The molecule has 20 heteroatoms. The van der Waals surface area contributed by atoms with Crippen molar-refractivity contribution < 1.29 is 73.4 Å². The number of rotatable bonds is 11. The maximum Gasteiger partial charge on any atom is 0.397 e. The van der Waals surface area contributed by atoms with E-state index in [9.17, 15) is 50.8 Å². The molecule has 0 aromatic rings. The van der Waals surface area contributed by atoms with Crippen molar-refractivity contribution >= 4 is 136 Å². The molecule has 5 aliphatic rings. The van der Waals surface area contributed by atoms with Gasteiger partial charge < -0.3 is 29.5 Å². The van der Waals surface area contributed by atoms with Gasteiger partial charge in [-0.3, -0.25) is 18.7 Å². The molecule has 1 aliphatic heterocycles. The number of fused-ring (bicyclic) bond motifs is 3. The Balaban J connectivity index is 0.00000338. The molecule has 0 amide bonds. The number of esters is 1. The predicted molar refractivity (Wildman–Crippen MR) is 174 cm³/mol. The molecular weight excluding hydrogens is 759 g/mol. The van der Waals surface area contributed by atoms with Crippen LogP contribution in [0.2, 0.25) is 0 Å². The molecule has 0 aromatic heterocycles. The van der Waals surface area contributed by atoms with E-state index in [1.54, 1.807) is 13.8 Å². The van der Waals surface area contributed by atoms with Crippen LogP contribution >= 0.6 is 0 Å². The van der Waals surface area contributed by atoms with Crippen LogP contribution in [0, 0.1) is 40.4 Å². The summed E-state index contributed by atoms with van der Waals surface area (Å²) in [4.78, 5) is 25.7. The van der Waals surface area contributed by atoms with Crippen molar-refractivity contribution in [3.05, 3.63) is 12.2 Å². The van der Waals surface area contributed by atoms with Gasteiger partial charge in [0.15, 0.2) is 18.5 Å². The zero-order valence-electron chi connectivity index (χ0n) is 29.0. The summed E-state index contributed by atoms with van der Waals surface area (Å²) in [7, 11) is -10.8. The van der Waals surface area contributed by atoms with Crippen molar-refractivity contribution in [1.29, 1.82) is 0 Å². The van der Waals surface area contributed by atoms with Gasteiger partial charge in [-0.05, 0) is 79.6 Å². The molecule has 16 nitrogen and oxygen atoms in total. The normalized spacial score (nSPS) is 41.3. The van der Waals surface area contributed by atoms with Crippen LogP contribution < -0.4 is 0 Å². The molecule has 5 N–H and O–H groups in total. The molecule has 4 aliphatic carbocycles. The van der Waals surface area contributed by atoms with Crippen molar-refractivity contribution in [2.45, 2.75) is 115 Å². The third kappa shape index (κ3) is 9.55. The molecule has 1 spiro atoms. The van der Waals surface area contributed by atoms with E-state index in [1.807, 2.05) is 6.92 Å². The minimum absolute atomic E-state index is 0. The van der Waals surface area contributed by atoms with Crippen LogP contribution in [0.4, 0.5) is 0 Å². The van der Waals surface area contributed by atoms with Gasteiger partial charge in [-0.1, -0.05) is 27.4 Å². The molecule has 276 valence electrons. The van der Waals surface area contributed by atoms with Crippen molar-refractivity contribution in [2.24, 2.45) is 40.4 Å². The monoisotopic (exact) mass is 804 g/mol. The zero-order chi connectivity index (χ0) is 35.6. The van der Waals surface area contributed by atoms with E-state index in [0.29, 0.717) is 12.8 Å². The van der Waals surface area contributed by atoms with Gasteiger partial charge in [0.05, 0.1) is 24.7 Å². The second kappa shape index (κ2) is 17.4. The molecule has 2 radical (unpaired) electrons. The Kier molecular flexibility index (Phi) is 15.9. The SMILES string of the molecule is C=C1[C@@H]2CC[C@H]3[C@]4(C)C[C@H](O[C@H]5O[C@H](CO)[C@@H](OS(=O)(=O)O)[C@H](OS(=O)(=O)O)[C@H]5OC(=O)CC(C)C)C[C@@H](C(=O)O)[C@H]4CC[C@]3(C2)[C@H]1O.[K].[K]. The standard InChI is InChI=1S/C30H46O16S2.2K/c1-14(2)9-22(32)44-25-24(46-48(39,40)41)23(45-47(36,37)38)20(13-31)43-28(25)42-17-10-18(27(34)35)19-7-8-30-11-16(15(3)26(30)33)5-6-21(30)29(19,4)12-17;;/h14,16-21,23-26,28,31,33H,3,5-13H2,1-2,4H3,(H,34,35)(H,36,37,38)(H,39,40,41);;/t16-,17-,18-,19-,20-,21+,23-,24+,25-,26+,28+,29-,30-;;/m1../s1. The number of carboxylic acids is 1. The fourth-order valence-corrected chi connectivity index (χ4v) is 10.8. The Bertz CT molecular complexity index is 1490. The first kappa shape index (κ1) is 45.9. The van der Waals surface area contributed by atoms with Crippen LogP contribution in [0.25, 0.3) is 0 Å². The molecule has 2 bridgehead atoms. The minimum atomic E-state index is -5.42. The second-order valence-corrected chi connectivity index (χ2v) is 16.9. The predicted octanol–water partition coefficient (Wildman–Crippen LogP) is 0.905. The first-order valence-electron chi connectivity index (χ1n) is 16.2. The zero-order valence-corrected chi connectivity index (χ0v) is 36.9. The van der Waals surface area contributed by atoms with Crippen molar-refractivity contribution in [2.75, 3.05) is 6.61 Å². The van der Waals surface area contributed by atoms with E-state index in [0.717, 1.165) is 24.8 Å². The number of aliphatic hydroxyl groups is 2. The number of aliphatic carboxylic acids is 1. The second-order valence-electron chi connectivity index (χ2n) is 14.8. The van der Waals surface area contributed by atoms with Crippen molar-refractivity contribution in [3.8, 4) is 0 Å². The van der Waals surface area contributed by atoms with Crippen molar-refractivity contribution in [1.82, 2.24) is 0 Å². The van der Waals surface area contributed by atoms with Crippen LogP contribution in [0.3, 0.4) is 0 Å².